The quantitative estimate of drug-likeness (QED) is 0.888. The second-order valence-electron chi connectivity index (χ2n) is 5.28. The molecular formula is C18H20N4O2. The van der Waals surface area contributed by atoms with E-state index in [1.54, 1.807) is 26.2 Å². The van der Waals surface area contributed by atoms with Crippen molar-refractivity contribution in [3.63, 3.8) is 0 Å². The van der Waals surface area contributed by atoms with Crippen LogP contribution < -0.4 is 10.6 Å². The lowest BCUT2D eigenvalue weighted by Gasteiger charge is -2.11. The molecule has 0 unspecified atom stereocenters. The molecule has 0 radical (unpaired) electrons. The monoisotopic (exact) mass is 324 g/mol. The SMILES string of the molecule is CN(C)C(=O)c1cc(NC(=O)NC/C=C/c2ccccc2)ccn1. The standard InChI is InChI=1S/C18H20N4O2/c1-22(2)17(23)16-13-15(10-12-19-16)21-18(24)20-11-6-9-14-7-4-3-5-8-14/h3-10,12-13H,11H2,1-2H3,(H2,19,20,21,24)/b9-6+. The van der Waals surface area contributed by atoms with Crippen LogP contribution in [-0.2, 0) is 0 Å². The Kier molecular flexibility index (Phi) is 6.08. The molecule has 0 saturated carbocycles. The van der Waals surface area contributed by atoms with E-state index < -0.39 is 0 Å². The van der Waals surface area contributed by atoms with E-state index in [0.717, 1.165) is 5.56 Å². The van der Waals surface area contributed by atoms with Crippen molar-refractivity contribution in [3.8, 4) is 0 Å². The van der Waals surface area contributed by atoms with Crippen LogP contribution >= 0.6 is 0 Å². The summed E-state index contributed by atoms with van der Waals surface area (Å²) in [4.78, 5) is 29.2. The molecule has 6 heteroatoms. The minimum absolute atomic E-state index is 0.218. The van der Waals surface area contributed by atoms with Gasteiger partial charge in [0.05, 0.1) is 0 Å². The molecule has 0 aliphatic heterocycles. The van der Waals surface area contributed by atoms with E-state index in [1.807, 2.05) is 42.5 Å². The second kappa shape index (κ2) is 8.47. The highest BCUT2D eigenvalue weighted by Gasteiger charge is 2.10. The molecule has 1 aromatic carbocycles. The Bertz CT molecular complexity index is 727. The summed E-state index contributed by atoms with van der Waals surface area (Å²) in [6, 6.07) is 12.7. The number of anilines is 1. The van der Waals surface area contributed by atoms with Gasteiger partial charge in [-0.25, -0.2) is 4.79 Å². The van der Waals surface area contributed by atoms with Crippen LogP contribution in [0.3, 0.4) is 0 Å². The normalized spacial score (nSPS) is 10.4. The number of amides is 3. The number of nitrogens with zero attached hydrogens (tertiary/aromatic N) is 2. The van der Waals surface area contributed by atoms with E-state index in [0.29, 0.717) is 12.2 Å². The molecule has 1 heterocycles. The number of pyridine rings is 1. The van der Waals surface area contributed by atoms with Gasteiger partial charge in [0.25, 0.3) is 5.91 Å². The van der Waals surface area contributed by atoms with E-state index >= 15 is 0 Å². The summed E-state index contributed by atoms with van der Waals surface area (Å²) in [5.74, 6) is -0.218. The highest BCUT2D eigenvalue weighted by Crippen LogP contribution is 2.09. The number of hydrogen-bond donors (Lipinski definition) is 2. The maximum absolute atomic E-state index is 11.9. The van der Waals surface area contributed by atoms with Crippen LogP contribution in [0, 0.1) is 0 Å². The van der Waals surface area contributed by atoms with Crippen molar-refractivity contribution in [1.29, 1.82) is 0 Å². The zero-order chi connectivity index (χ0) is 17.4. The first-order chi connectivity index (χ1) is 11.6. The summed E-state index contributed by atoms with van der Waals surface area (Å²) in [5, 5.41) is 5.40. The number of nitrogens with one attached hydrogen (secondary N) is 2. The first-order valence-corrected chi connectivity index (χ1v) is 7.50. The van der Waals surface area contributed by atoms with Gasteiger partial charge >= 0.3 is 6.03 Å². The molecule has 24 heavy (non-hydrogen) atoms. The van der Waals surface area contributed by atoms with Gasteiger partial charge in [0, 0.05) is 32.5 Å². The molecule has 0 aliphatic carbocycles. The lowest BCUT2D eigenvalue weighted by atomic mass is 10.2. The van der Waals surface area contributed by atoms with E-state index in [1.165, 1.54) is 11.1 Å². The molecule has 6 nitrogen and oxygen atoms in total. The largest absolute Gasteiger partial charge is 0.343 e. The molecule has 0 spiro atoms. The zero-order valence-corrected chi connectivity index (χ0v) is 13.7. The van der Waals surface area contributed by atoms with Crippen molar-refractivity contribution in [2.45, 2.75) is 0 Å². The fraction of sp³-hybridized carbons (Fsp3) is 0.167. The van der Waals surface area contributed by atoms with E-state index in [4.69, 9.17) is 0 Å². The van der Waals surface area contributed by atoms with E-state index in [9.17, 15) is 9.59 Å². The van der Waals surface area contributed by atoms with Crippen LogP contribution in [0.1, 0.15) is 16.1 Å². The third kappa shape index (κ3) is 5.24. The minimum atomic E-state index is -0.345. The van der Waals surface area contributed by atoms with Gasteiger partial charge < -0.3 is 15.5 Å². The molecule has 2 rings (SSSR count). The molecule has 124 valence electrons. The van der Waals surface area contributed by atoms with Crippen LogP contribution in [0.5, 0.6) is 0 Å². The fourth-order valence-electron chi connectivity index (χ4n) is 1.94. The summed E-state index contributed by atoms with van der Waals surface area (Å²) in [6.45, 7) is 0.398. The maximum atomic E-state index is 11.9. The summed E-state index contributed by atoms with van der Waals surface area (Å²) in [6.07, 6.45) is 5.28. The highest BCUT2D eigenvalue weighted by molar-refractivity contribution is 5.95. The average Bonchev–Trinajstić information content (AvgIpc) is 2.59. The van der Waals surface area contributed by atoms with Crippen LogP contribution in [0.25, 0.3) is 6.08 Å². The van der Waals surface area contributed by atoms with Crippen molar-refractivity contribution < 1.29 is 9.59 Å². The molecule has 0 atom stereocenters. The summed E-state index contributed by atoms with van der Waals surface area (Å²) >= 11 is 0. The van der Waals surface area contributed by atoms with Crippen molar-refractivity contribution >= 4 is 23.7 Å². The predicted molar refractivity (Wildman–Crippen MR) is 94.8 cm³/mol. The Hall–Kier alpha value is -3.15. The van der Waals surface area contributed by atoms with Gasteiger partial charge in [-0.15, -0.1) is 0 Å². The van der Waals surface area contributed by atoms with Crippen LogP contribution in [0.15, 0.2) is 54.7 Å². The predicted octanol–water partition coefficient (Wildman–Crippen LogP) is 2.62. The summed E-state index contributed by atoms with van der Waals surface area (Å²) in [5.41, 5.74) is 1.86. The topological polar surface area (TPSA) is 74.3 Å². The number of carbonyl (C=O) groups excluding carboxylic acids is 2. The number of aromatic nitrogens is 1. The maximum Gasteiger partial charge on any atom is 0.319 e. The Balaban J connectivity index is 1.85. The zero-order valence-electron chi connectivity index (χ0n) is 13.7. The molecule has 0 bridgehead atoms. The molecule has 3 amide bonds. The smallest absolute Gasteiger partial charge is 0.319 e. The van der Waals surface area contributed by atoms with Crippen LogP contribution in [0.4, 0.5) is 10.5 Å². The lowest BCUT2D eigenvalue weighted by molar-refractivity contribution is 0.0822. The number of rotatable bonds is 5. The highest BCUT2D eigenvalue weighted by atomic mass is 16.2. The lowest BCUT2D eigenvalue weighted by Crippen LogP contribution is -2.29. The van der Waals surface area contributed by atoms with Gasteiger partial charge in [-0.2, -0.15) is 0 Å². The number of hydrogen-bond acceptors (Lipinski definition) is 3. The van der Waals surface area contributed by atoms with Crippen molar-refractivity contribution in [2.75, 3.05) is 26.0 Å². The minimum Gasteiger partial charge on any atom is -0.343 e. The van der Waals surface area contributed by atoms with Crippen LogP contribution in [-0.4, -0.2) is 42.5 Å². The van der Waals surface area contributed by atoms with Crippen LogP contribution in [0.2, 0.25) is 0 Å². The Morgan fingerprint density at radius 1 is 1.17 bits per heavy atom. The Morgan fingerprint density at radius 2 is 1.92 bits per heavy atom. The average molecular weight is 324 g/mol. The van der Waals surface area contributed by atoms with Gasteiger partial charge in [0.2, 0.25) is 0 Å². The molecular weight excluding hydrogens is 304 g/mol. The van der Waals surface area contributed by atoms with Crippen molar-refractivity contribution in [2.24, 2.45) is 0 Å². The van der Waals surface area contributed by atoms with Crippen molar-refractivity contribution in [3.05, 3.63) is 66.0 Å². The van der Waals surface area contributed by atoms with Gasteiger partial charge in [-0.3, -0.25) is 9.78 Å². The molecule has 2 N–H and O–H groups in total. The fourth-order valence-corrected chi connectivity index (χ4v) is 1.94. The molecule has 0 aliphatic rings. The second-order valence-corrected chi connectivity index (χ2v) is 5.28. The first kappa shape index (κ1) is 17.2. The van der Waals surface area contributed by atoms with Gasteiger partial charge in [-0.1, -0.05) is 42.5 Å². The summed E-state index contributed by atoms with van der Waals surface area (Å²) in [7, 11) is 3.30. The van der Waals surface area contributed by atoms with Gasteiger partial charge in [-0.05, 0) is 17.7 Å². The Morgan fingerprint density at radius 3 is 2.62 bits per heavy atom. The van der Waals surface area contributed by atoms with Gasteiger partial charge in [0.1, 0.15) is 5.69 Å². The van der Waals surface area contributed by atoms with E-state index in [2.05, 4.69) is 15.6 Å². The number of carbonyl (C=O) groups is 2. The first-order valence-electron chi connectivity index (χ1n) is 7.50. The molecule has 0 fully saturated rings. The number of benzene rings is 1. The third-order valence-electron chi connectivity index (χ3n) is 3.13. The van der Waals surface area contributed by atoms with Gasteiger partial charge in [0.15, 0.2) is 0 Å². The molecule has 2 aromatic rings. The van der Waals surface area contributed by atoms with Crippen molar-refractivity contribution in [1.82, 2.24) is 15.2 Å². The third-order valence-corrected chi connectivity index (χ3v) is 3.13. The molecule has 1 aromatic heterocycles. The van der Waals surface area contributed by atoms with E-state index in [-0.39, 0.29) is 17.6 Å². The summed E-state index contributed by atoms with van der Waals surface area (Å²) < 4.78 is 0. The Labute approximate surface area is 141 Å². The molecule has 0 saturated heterocycles. The number of urea groups is 1.